The number of fused-ring (bicyclic) bond motifs is 1. The predicted molar refractivity (Wildman–Crippen MR) is 69.9 cm³/mol. The highest BCUT2D eigenvalue weighted by Gasteiger charge is 2.04. The average molecular weight is 254 g/mol. The van der Waals surface area contributed by atoms with Gasteiger partial charge in [-0.2, -0.15) is 0 Å². The van der Waals surface area contributed by atoms with Crippen LogP contribution in [-0.2, 0) is 0 Å². The highest BCUT2D eigenvalue weighted by atomic mass is 16.2. The Labute approximate surface area is 108 Å². The molecule has 0 aliphatic heterocycles. The van der Waals surface area contributed by atoms with Gasteiger partial charge in [-0.1, -0.05) is 18.2 Å². The third kappa shape index (κ3) is 2.49. The van der Waals surface area contributed by atoms with Gasteiger partial charge in [-0.15, -0.1) is 5.10 Å². The van der Waals surface area contributed by atoms with Crippen LogP contribution < -0.4 is 10.6 Å². The van der Waals surface area contributed by atoms with Gasteiger partial charge in [0.15, 0.2) is 5.65 Å². The third-order valence-corrected chi connectivity index (χ3v) is 2.49. The van der Waals surface area contributed by atoms with Gasteiger partial charge in [-0.05, 0) is 28.6 Å². The number of carbonyl (C=O) groups is 1. The van der Waals surface area contributed by atoms with E-state index in [0.29, 0.717) is 11.3 Å². The summed E-state index contributed by atoms with van der Waals surface area (Å²) in [4.78, 5) is 11.8. The molecule has 2 aromatic heterocycles. The van der Waals surface area contributed by atoms with Crippen LogP contribution in [0.1, 0.15) is 0 Å². The molecule has 0 saturated heterocycles. The van der Waals surface area contributed by atoms with Crippen LogP contribution in [0.4, 0.5) is 16.2 Å². The minimum Gasteiger partial charge on any atom is -0.308 e. The molecule has 0 aliphatic carbocycles. The van der Waals surface area contributed by atoms with Crippen LogP contribution in [-0.4, -0.2) is 26.1 Å². The molecule has 0 atom stereocenters. The quantitative estimate of drug-likeness (QED) is 0.730. The number of hydrogen-bond donors (Lipinski definition) is 2. The van der Waals surface area contributed by atoms with Gasteiger partial charge >= 0.3 is 6.03 Å². The lowest BCUT2D eigenvalue weighted by Gasteiger charge is -2.07. The topological polar surface area (TPSA) is 84.2 Å². The molecule has 7 nitrogen and oxygen atoms in total. The highest BCUT2D eigenvalue weighted by molar-refractivity contribution is 5.99. The second kappa shape index (κ2) is 4.73. The van der Waals surface area contributed by atoms with Crippen molar-refractivity contribution in [1.82, 2.24) is 20.0 Å². The molecule has 2 heterocycles. The normalized spacial score (nSPS) is 10.3. The van der Waals surface area contributed by atoms with E-state index >= 15 is 0 Å². The number of benzene rings is 1. The number of carbonyl (C=O) groups excluding carboxylic acids is 1. The maximum absolute atomic E-state index is 11.8. The Hall–Kier alpha value is -2.96. The van der Waals surface area contributed by atoms with Crippen LogP contribution in [0.3, 0.4) is 0 Å². The van der Waals surface area contributed by atoms with Crippen molar-refractivity contribution in [2.24, 2.45) is 0 Å². The van der Waals surface area contributed by atoms with E-state index in [4.69, 9.17) is 0 Å². The number of amides is 2. The van der Waals surface area contributed by atoms with Crippen molar-refractivity contribution in [2.75, 3.05) is 10.6 Å². The van der Waals surface area contributed by atoms with E-state index < -0.39 is 0 Å². The molecule has 0 bridgehead atoms. The largest absolute Gasteiger partial charge is 0.323 e. The molecular formula is C12H10N6O. The average Bonchev–Trinajstić information content (AvgIpc) is 2.87. The van der Waals surface area contributed by atoms with Gasteiger partial charge in [-0.3, -0.25) is 0 Å². The summed E-state index contributed by atoms with van der Waals surface area (Å²) in [6.07, 6.45) is 1.67. The first kappa shape index (κ1) is 11.1. The molecule has 2 N–H and O–H groups in total. The van der Waals surface area contributed by atoms with Crippen molar-refractivity contribution in [3.8, 4) is 0 Å². The molecule has 0 radical (unpaired) electrons. The second-order valence-electron chi connectivity index (χ2n) is 3.84. The molecule has 94 valence electrons. The van der Waals surface area contributed by atoms with Crippen LogP contribution in [0.25, 0.3) is 5.65 Å². The predicted octanol–water partition coefficient (Wildman–Crippen LogP) is 1.77. The lowest BCUT2D eigenvalue weighted by molar-refractivity contribution is 0.262. The molecule has 0 spiro atoms. The van der Waals surface area contributed by atoms with Crippen molar-refractivity contribution in [3.05, 3.63) is 48.7 Å². The summed E-state index contributed by atoms with van der Waals surface area (Å²) in [5.74, 6) is 0. The van der Waals surface area contributed by atoms with Gasteiger partial charge in [0.25, 0.3) is 0 Å². The molecule has 7 heteroatoms. The Bertz CT molecular complexity index is 708. The molecule has 0 fully saturated rings. The fourth-order valence-electron chi connectivity index (χ4n) is 1.63. The number of nitrogens with zero attached hydrogens (tertiary/aromatic N) is 4. The number of tetrazole rings is 1. The number of aromatic nitrogens is 4. The number of para-hydroxylation sites is 1. The molecule has 1 aromatic carbocycles. The second-order valence-corrected chi connectivity index (χ2v) is 3.84. The molecular weight excluding hydrogens is 244 g/mol. The number of urea groups is 1. The lowest BCUT2D eigenvalue weighted by atomic mass is 10.3. The fraction of sp³-hybridized carbons (Fsp3) is 0. The summed E-state index contributed by atoms with van der Waals surface area (Å²) in [6.45, 7) is 0. The zero-order valence-corrected chi connectivity index (χ0v) is 9.82. The van der Waals surface area contributed by atoms with Gasteiger partial charge in [-0.25, -0.2) is 9.31 Å². The maximum atomic E-state index is 11.8. The Balaban J connectivity index is 1.72. The molecule has 2 amide bonds. The molecule has 3 aromatic rings. The van der Waals surface area contributed by atoms with E-state index in [1.807, 2.05) is 30.3 Å². The Kier molecular flexibility index (Phi) is 2.77. The SMILES string of the molecule is O=C(Nc1ccccc1)Nc1ccn2nnnc2c1. The molecule has 0 unspecified atom stereocenters. The monoisotopic (exact) mass is 254 g/mol. The molecule has 3 rings (SSSR count). The van der Waals surface area contributed by atoms with Gasteiger partial charge in [0.05, 0.1) is 0 Å². The standard InChI is InChI=1S/C12H10N6O/c19-12(13-9-4-2-1-3-5-9)14-10-6-7-18-11(8-10)15-16-17-18/h1-8H,(H2,13,14,19). The van der Waals surface area contributed by atoms with Crippen LogP contribution in [0.2, 0.25) is 0 Å². The smallest absolute Gasteiger partial charge is 0.308 e. The zero-order valence-electron chi connectivity index (χ0n) is 9.82. The Morgan fingerprint density at radius 2 is 1.84 bits per heavy atom. The first-order chi connectivity index (χ1) is 9.31. The number of hydrogen-bond acceptors (Lipinski definition) is 4. The molecule has 0 aliphatic rings. The van der Waals surface area contributed by atoms with Gasteiger partial charge < -0.3 is 10.6 Å². The summed E-state index contributed by atoms with van der Waals surface area (Å²) < 4.78 is 1.51. The van der Waals surface area contributed by atoms with E-state index in [1.54, 1.807) is 18.3 Å². The third-order valence-electron chi connectivity index (χ3n) is 2.49. The zero-order chi connectivity index (χ0) is 13.1. The van der Waals surface area contributed by atoms with E-state index in [0.717, 1.165) is 5.69 Å². The van der Waals surface area contributed by atoms with Crippen LogP contribution >= 0.6 is 0 Å². The van der Waals surface area contributed by atoms with Gasteiger partial charge in [0.2, 0.25) is 0 Å². The van der Waals surface area contributed by atoms with Crippen LogP contribution in [0.5, 0.6) is 0 Å². The van der Waals surface area contributed by atoms with E-state index in [1.165, 1.54) is 4.52 Å². The van der Waals surface area contributed by atoms with Gasteiger partial charge in [0, 0.05) is 23.6 Å². The fourth-order valence-corrected chi connectivity index (χ4v) is 1.63. The summed E-state index contributed by atoms with van der Waals surface area (Å²) in [7, 11) is 0. The summed E-state index contributed by atoms with van der Waals surface area (Å²) >= 11 is 0. The summed E-state index contributed by atoms with van der Waals surface area (Å²) in [5.41, 5.74) is 1.92. The number of rotatable bonds is 2. The van der Waals surface area contributed by atoms with Crippen molar-refractivity contribution in [1.29, 1.82) is 0 Å². The van der Waals surface area contributed by atoms with Crippen molar-refractivity contribution < 1.29 is 4.79 Å². The van der Waals surface area contributed by atoms with E-state index in [-0.39, 0.29) is 6.03 Å². The molecule has 19 heavy (non-hydrogen) atoms. The first-order valence-electron chi connectivity index (χ1n) is 5.62. The summed E-state index contributed by atoms with van der Waals surface area (Å²) in [6, 6.07) is 12.3. The van der Waals surface area contributed by atoms with Gasteiger partial charge in [0.1, 0.15) is 0 Å². The van der Waals surface area contributed by atoms with Crippen molar-refractivity contribution >= 4 is 23.1 Å². The minimum absolute atomic E-state index is 0.317. The Morgan fingerprint density at radius 1 is 1.05 bits per heavy atom. The van der Waals surface area contributed by atoms with Crippen molar-refractivity contribution in [3.63, 3.8) is 0 Å². The van der Waals surface area contributed by atoms with E-state index in [2.05, 4.69) is 26.2 Å². The van der Waals surface area contributed by atoms with Crippen LogP contribution in [0.15, 0.2) is 48.7 Å². The first-order valence-corrected chi connectivity index (χ1v) is 5.62. The number of anilines is 2. The molecule has 0 saturated carbocycles. The maximum Gasteiger partial charge on any atom is 0.323 e. The van der Waals surface area contributed by atoms with Crippen molar-refractivity contribution in [2.45, 2.75) is 0 Å². The lowest BCUT2D eigenvalue weighted by Crippen LogP contribution is -2.19. The number of pyridine rings is 1. The Morgan fingerprint density at radius 3 is 2.68 bits per heavy atom. The highest BCUT2D eigenvalue weighted by Crippen LogP contribution is 2.10. The summed E-state index contributed by atoms with van der Waals surface area (Å²) in [5, 5.41) is 16.5. The van der Waals surface area contributed by atoms with E-state index in [9.17, 15) is 4.79 Å². The van der Waals surface area contributed by atoms with Crippen LogP contribution in [0, 0.1) is 0 Å². The number of nitrogens with one attached hydrogen (secondary N) is 2. The minimum atomic E-state index is -0.317.